The van der Waals surface area contributed by atoms with Crippen LogP contribution in [0.5, 0.6) is 0 Å². The summed E-state index contributed by atoms with van der Waals surface area (Å²) in [6.07, 6.45) is 2.98. The Bertz CT molecular complexity index is 493. The smallest absolute Gasteiger partial charge is 0.313 e. The number of nitrogen functional groups attached to an aromatic ring is 1. The largest absolute Gasteiger partial charge is 0.481 e. The van der Waals surface area contributed by atoms with Crippen LogP contribution in [0.3, 0.4) is 0 Å². The predicted octanol–water partition coefficient (Wildman–Crippen LogP) is 0.429. The Balaban J connectivity index is 2.21. The van der Waals surface area contributed by atoms with Crippen LogP contribution in [0.2, 0.25) is 0 Å². The van der Waals surface area contributed by atoms with Crippen LogP contribution in [0.1, 0.15) is 0 Å². The zero-order chi connectivity index (χ0) is 11.5. The molecule has 0 fully saturated rings. The van der Waals surface area contributed by atoms with Gasteiger partial charge in [-0.05, 0) is 6.07 Å². The average Bonchev–Trinajstić information content (AvgIpc) is 2.84. The fourth-order valence-corrected chi connectivity index (χ4v) is 1.67. The molecule has 2 aromatic rings. The molecule has 0 radical (unpaired) electrons. The third kappa shape index (κ3) is 2.01. The molecule has 0 amide bonds. The number of hydrogen-bond donors (Lipinski definition) is 2. The molecule has 0 saturated carbocycles. The van der Waals surface area contributed by atoms with Crippen LogP contribution in [0, 0.1) is 0 Å². The lowest BCUT2D eigenvalue weighted by atomic mass is 10.3. The topological polar surface area (TPSA) is 107 Å². The molecule has 7 nitrogen and oxygen atoms in total. The van der Waals surface area contributed by atoms with E-state index < -0.39 is 5.97 Å². The highest BCUT2D eigenvalue weighted by molar-refractivity contribution is 7.99. The Hall–Kier alpha value is -1.96. The van der Waals surface area contributed by atoms with E-state index in [9.17, 15) is 4.79 Å². The lowest BCUT2D eigenvalue weighted by Gasteiger charge is -1.99. The second-order valence-corrected chi connectivity index (χ2v) is 3.81. The molecule has 2 aromatic heterocycles. The Morgan fingerprint density at radius 2 is 2.44 bits per heavy atom. The number of hydrogen-bond acceptors (Lipinski definition) is 6. The van der Waals surface area contributed by atoms with Gasteiger partial charge in [0.15, 0.2) is 5.82 Å². The maximum atomic E-state index is 10.4. The van der Waals surface area contributed by atoms with Crippen molar-refractivity contribution in [1.82, 2.24) is 14.9 Å². The van der Waals surface area contributed by atoms with Gasteiger partial charge in [0.05, 0.1) is 17.6 Å². The van der Waals surface area contributed by atoms with Gasteiger partial charge in [0.2, 0.25) is 5.16 Å². The zero-order valence-corrected chi connectivity index (χ0v) is 8.85. The third-order valence-electron chi connectivity index (χ3n) is 1.77. The van der Waals surface area contributed by atoms with E-state index in [1.165, 1.54) is 17.2 Å². The Kier molecular flexibility index (Phi) is 2.82. The number of furan rings is 1. The summed E-state index contributed by atoms with van der Waals surface area (Å²) in [4.78, 5) is 10.4. The van der Waals surface area contributed by atoms with Crippen molar-refractivity contribution >= 4 is 17.7 Å². The SMILES string of the molecule is Nn1c(SCC(=O)O)nnc1-c1ccoc1. The molecule has 0 aromatic carbocycles. The summed E-state index contributed by atoms with van der Waals surface area (Å²) in [5, 5.41) is 16.5. The molecule has 0 aliphatic carbocycles. The van der Waals surface area contributed by atoms with Crippen molar-refractivity contribution in [2.75, 3.05) is 11.6 Å². The number of carbonyl (C=O) groups is 1. The number of nitrogens with two attached hydrogens (primary N) is 1. The highest BCUT2D eigenvalue weighted by Crippen LogP contribution is 2.21. The number of nitrogens with zero attached hydrogens (tertiary/aromatic N) is 3. The number of thioether (sulfide) groups is 1. The molecule has 0 spiro atoms. The van der Waals surface area contributed by atoms with Gasteiger partial charge in [0.25, 0.3) is 0 Å². The minimum atomic E-state index is -0.933. The van der Waals surface area contributed by atoms with Gasteiger partial charge in [0.1, 0.15) is 6.26 Å². The van der Waals surface area contributed by atoms with E-state index in [-0.39, 0.29) is 5.75 Å². The minimum absolute atomic E-state index is 0.110. The summed E-state index contributed by atoms with van der Waals surface area (Å²) in [7, 11) is 0. The summed E-state index contributed by atoms with van der Waals surface area (Å²) in [5.74, 6) is 5.11. The van der Waals surface area contributed by atoms with Crippen molar-refractivity contribution in [3.05, 3.63) is 18.6 Å². The normalized spacial score (nSPS) is 10.5. The molecule has 0 saturated heterocycles. The maximum Gasteiger partial charge on any atom is 0.313 e. The first-order valence-electron chi connectivity index (χ1n) is 4.26. The molecule has 3 N–H and O–H groups in total. The van der Waals surface area contributed by atoms with E-state index in [1.54, 1.807) is 6.07 Å². The Morgan fingerprint density at radius 1 is 1.62 bits per heavy atom. The van der Waals surface area contributed by atoms with E-state index in [2.05, 4.69) is 10.2 Å². The van der Waals surface area contributed by atoms with Crippen molar-refractivity contribution < 1.29 is 14.3 Å². The lowest BCUT2D eigenvalue weighted by Crippen LogP contribution is -2.12. The lowest BCUT2D eigenvalue weighted by molar-refractivity contribution is -0.133. The molecule has 2 rings (SSSR count). The van der Waals surface area contributed by atoms with Crippen LogP contribution < -0.4 is 5.84 Å². The van der Waals surface area contributed by atoms with Crippen molar-refractivity contribution in [2.45, 2.75) is 5.16 Å². The van der Waals surface area contributed by atoms with E-state index in [4.69, 9.17) is 15.4 Å². The standard InChI is InChI=1S/C8H8N4O3S/c9-12-7(5-1-2-15-3-5)10-11-8(12)16-4-6(13)14/h1-3H,4,9H2,(H,13,14). The van der Waals surface area contributed by atoms with Gasteiger partial charge in [-0.15, -0.1) is 10.2 Å². The van der Waals surface area contributed by atoms with E-state index in [1.807, 2.05) is 0 Å². The number of carboxylic acids is 1. The van der Waals surface area contributed by atoms with Crippen molar-refractivity contribution in [3.8, 4) is 11.4 Å². The Labute approximate surface area is 94.2 Å². The van der Waals surface area contributed by atoms with Gasteiger partial charge in [-0.3, -0.25) is 4.79 Å². The van der Waals surface area contributed by atoms with Crippen LogP contribution in [-0.4, -0.2) is 31.7 Å². The second kappa shape index (κ2) is 4.27. The second-order valence-electron chi connectivity index (χ2n) is 2.87. The van der Waals surface area contributed by atoms with Crippen LogP contribution in [0.25, 0.3) is 11.4 Å². The van der Waals surface area contributed by atoms with Crippen LogP contribution in [0.15, 0.2) is 28.2 Å². The van der Waals surface area contributed by atoms with E-state index in [0.29, 0.717) is 16.5 Å². The molecule has 0 unspecified atom stereocenters. The molecule has 8 heteroatoms. The van der Waals surface area contributed by atoms with Gasteiger partial charge in [-0.2, -0.15) is 0 Å². The highest BCUT2D eigenvalue weighted by atomic mass is 32.2. The summed E-state index contributed by atoms with van der Waals surface area (Å²) >= 11 is 1.01. The number of aliphatic carboxylic acids is 1. The highest BCUT2D eigenvalue weighted by Gasteiger charge is 2.13. The average molecular weight is 240 g/mol. The summed E-state index contributed by atoms with van der Waals surface area (Å²) in [6.45, 7) is 0. The van der Waals surface area contributed by atoms with Gasteiger partial charge in [0, 0.05) is 0 Å². The first-order valence-corrected chi connectivity index (χ1v) is 5.24. The summed E-state index contributed by atoms with van der Waals surface area (Å²) in [5.41, 5.74) is 0.692. The molecular weight excluding hydrogens is 232 g/mol. The van der Waals surface area contributed by atoms with Gasteiger partial charge >= 0.3 is 5.97 Å². The summed E-state index contributed by atoms with van der Waals surface area (Å²) in [6, 6.07) is 1.69. The monoisotopic (exact) mass is 240 g/mol. The van der Waals surface area contributed by atoms with E-state index >= 15 is 0 Å². The Morgan fingerprint density at radius 3 is 3.06 bits per heavy atom. The minimum Gasteiger partial charge on any atom is -0.481 e. The zero-order valence-electron chi connectivity index (χ0n) is 8.03. The predicted molar refractivity (Wildman–Crippen MR) is 56.2 cm³/mol. The number of carboxylic acid groups (broad SMARTS) is 1. The number of rotatable bonds is 4. The molecule has 0 bridgehead atoms. The molecule has 16 heavy (non-hydrogen) atoms. The maximum absolute atomic E-state index is 10.4. The fraction of sp³-hybridized carbons (Fsp3) is 0.125. The van der Waals surface area contributed by atoms with Crippen LogP contribution in [-0.2, 0) is 4.79 Å². The van der Waals surface area contributed by atoms with Crippen molar-refractivity contribution in [1.29, 1.82) is 0 Å². The van der Waals surface area contributed by atoms with E-state index in [0.717, 1.165) is 11.8 Å². The first kappa shape index (κ1) is 10.6. The van der Waals surface area contributed by atoms with Crippen LogP contribution in [0.4, 0.5) is 0 Å². The molecule has 0 aliphatic heterocycles. The van der Waals surface area contributed by atoms with Gasteiger partial charge in [-0.25, -0.2) is 4.68 Å². The molecule has 2 heterocycles. The summed E-state index contributed by atoms with van der Waals surface area (Å²) < 4.78 is 6.13. The van der Waals surface area contributed by atoms with Crippen LogP contribution >= 0.6 is 11.8 Å². The molecular formula is C8H8N4O3S. The van der Waals surface area contributed by atoms with Crippen molar-refractivity contribution in [3.63, 3.8) is 0 Å². The first-order chi connectivity index (χ1) is 7.68. The molecule has 0 atom stereocenters. The van der Waals surface area contributed by atoms with Gasteiger partial charge in [-0.1, -0.05) is 11.8 Å². The number of aromatic nitrogens is 3. The molecule has 84 valence electrons. The van der Waals surface area contributed by atoms with Crippen molar-refractivity contribution in [2.24, 2.45) is 0 Å². The van der Waals surface area contributed by atoms with Gasteiger partial charge < -0.3 is 15.4 Å². The quantitative estimate of drug-likeness (QED) is 0.589. The molecule has 0 aliphatic rings. The third-order valence-corrected chi connectivity index (χ3v) is 2.70. The fourth-order valence-electron chi connectivity index (χ4n) is 1.09.